The monoisotopic (exact) mass is 499 g/mol. The van der Waals surface area contributed by atoms with Gasteiger partial charge in [0.1, 0.15) is 35.8 Å². The number of benzene rings is 1. The lowest BCUT2D eigenvalue weighted by Crippen LogP contribution is -2.55. The van der Waals surface area contributed by atoms with Gasteiger partial charge in [0.2, 0.25) is 0 Å². The lowest BCUT2D eigenvalue weighted by molar-refractivity contribution is -0.166. The maximum atomic E-state index is 12.7. The molecule has 3 fully saturated rings. The summed E-state index contributed by atoms with van der Waals surface area (Å²) in [5.41, 5.74) is 1.61. The second-order valence-corrected chi connectivity index (χ2v) is 10.9. The molecule has 1 aromatic rings. The number of carbonyl (C=O) groups excluding carboxylic acids is 1. The van der Waals surface area contributed by atoms with Crippen LogP contribution in [0.4, 0.5) is 0 Å². The minimum absolute atomic E-state index is 0.0149. The number of rotatable bonds is 11. The van der Waals surface area contributed by atoms with Crippen LogP contribution < -0.4 is 4.74 Å². The fraction of sp³-hybridized carbons (Fsp3) is 0.621. The minimum atomic E-state index is -0.372. The molecule has 36 heavy (non-hydrogen) atoms. The summed E-state index contributed by atoms with van der Waals surface area (Å²) < 4.78 is 29.8. The third-order valence-corrected chi connectivity index (χ3v) is 7.60. The van der Waals surface area contributed by atoms with E-state index in [0.717, 1.165) is 30.7 Å². The van der Waals surface area contributed by atoms with Crippen LogP contribution in [0.15, 0.2) is 42.0 Å². The van der Waals surface area contributed by atoms with Crippen LogP contribution in [0.1, 0.15) is 45.6 Å². The summed E-state index contributed by atoms with van der Waals surface area (Å²) in [4.78, 5) is 14.8. The van der Waals surface area contributed by atoms with Crippen LogP contribution >= 0.6 is 0 Å². The molecular formula is C29H41NO6. The molecule has 3 unspecified atom stereocenters. The molecule has 7 nitrogen and oxygen atoms in total. The summed E-state index contributed by atoms with van der Waals surface area (Å²) in [5.74, 6) is 0.450. The third kappa shape index (κ3) is 6.20. The highest BCUT2D eigenvalue weighted by Crippen LogP contribution is 2.59. The van der Waals surface area contributed by atoms with Gasteiger partial charge in [-0.3, -0.25) is 0 Å². The van der Waals surface area contributed by atoms with Gasteiger partial charge in [-0.05, 0) is 77.9 Å². The highest BCUT2D eigenvalue weighted by molar-refractivity contribution is 5.87. The minimum Gasteiger partial charge on any atom is -0.492 e. The van der Waals surface area contributed by atoms with Crippen molar-refractivity contribution in [2.45, 2.75) is 69.5 Å². The molecule has 7 heteroatoms. The summed E-state index contributed by atoms with van der Waals surface area (Å²) in [7, 11) is 5.72. The number of carbonyl (C=O) groups is 1. The Balaban J connectivity index is 1.36. The van der Waals surface area contributed by atoms with Gasteiger partial charge in [0.15, 0.2) is 0 Å². The zero-order chi connectivity index (χ0) is 25.9. The van der Waals surface area contributed by atoms with Gasteiger partial charge in [-0.25, -0.2) is 4.79 Å². The predicted molar refractivity (Wildman–Crippen MR) is 139 cm³/mol. The van der Waals surface area contributed by atoms with Gasteiger partial charge in [0, 0.05) is 19.7 Å². The zero-order valence-corrected chi connectivity index (χ0v) is 22.5. The molecule has 0 aromatic heterocycles. The van der Waals surface area contributed by atoms with Crippen LogP contribution in [0, 0.1) is 5.92 Å². The molecule has 0 bridgehead atoms. The number of hydrogen-bond donors (Lipinski definition) is 0. The molecule has 3 aliphatic rings. The van der Waals surface area contributed by atoms with Crippen LogP contribution in [0.5, 0.6) is 5.75 Å². The quantitative estimate of drug-likeness (QED) is 0.195. The van der Waals surface area contributed by atoms with Crippen molar-refractivity contribution < 1.29 is 28.5 Å². The molecule has 1 spiro atoms. The molecule has 1 aromatic carbocycles. The number of hydrogen-bond acceptors (Lipinski definition) is 7. The number of nitrogens with zero attached hydrogens (tertiary/aromatic N) is 1. The average Bonchev–Trinajstić information content (AvgIpc) is 3.75. The van der Waals surface area contributed by atoms with Crippen molar-refractivity contribution in [3.8, 4) is 5.75 Å². The molecule has 0 radical (unpaired) electrons. The Bertz CT molecular complexity index is 962. The zero-order valence-electron chi connectivity index (χ0n) is 22.5. The highest BCUT2D eigenvalue weighted by Gasteiger charge is 2.72. The van der Waals surface area contributed by atoms with Crippen LogP contribution in [-0.4, -0.2) is 81.3 Å². The predicted octanol–water partition coefficient (Wildman–Crippen LogP) is 4.26. The van der Waals surface area contributed by atoms with E-state index in [-0.39, 0.29) is 41.4 Å². The fourth-order valence-corrected chi connectivity index (χ4v) is 5.44. The molecule has 2 aliphatic heterocycles. The molecule has 6 atom stereocenters. The fourth-order valence-electron chi connectivity index (χ4n) is 5.44. The van der Waals surface area contributed by atoms with Gasteiger partial charge in [0.05, 0.1) is 18.6 Å². The number of esters is 1. The Morgan fingerprint density at radius 3 is 2.56 bits per heavy atom. The Kier molecular flexibility index (Phi) is 8.25. The van der Waals surface area contributed by atoms with Gasteiger partial charge < -0.3 is 28.6 Å². The highest BCUT2D eigenvalue weighted by atomic mass is 16.6. The van der Waals surface area contributed by atoms with Gasteiger partial charge in [-0.1, -0.05) is 23.8 Å². The second-order valence-electron chi connectivity index (χ2n) is 10.9. The second kappa shape index (κ2) is 11.1. The maximum Gasteiger partial charge on any atom is 0.331 e. The smallest absolute Gasteiger partial charge is 0.331 e. The number of ether oxygens (including phenoxy) is 5. The topological polar surface area (TPSA) is 73.1 Å². The van der Waals surface area contributed by atoms with E-state index in [9.17, 15) is 4.79 Å². The largest absolute Gasteiger partial charge is 0.492 e. The number of allylic oxidation sites excluding steroid dienone is 1. The standard InChI is InChI=1S/C29H41NO6/c1-20(2)7-13-24-28(3,36-24)27-26(32-6)23(15-16-29(27)19-34-29)35-25(31)14-10-21-8-11-22(12-9-21)33-18-17-30(4)5/h7-12,14,23-24,26-27H,13,15-19H2,1-6H3/t23-,24?,26-,27-,28?,29?/m1/s1. The Hall–Kier alpha value is -2.19. The molecular weight excluding hydrogens is 458 g/mol. The van der Waals surface area contributed by atoms with Gasteiger partial charge in [0.25, 0.3) is 0 Å². The molecule has 198 valence electrons. The van der Waals surface area contributed by atoms with E-state index in [1.165, 1.54) is 11.6 Å². The lowest BCUT2D eigenvalue weighted by atomic mass is 9.68. The van der Waals surface area contributed by atoms with Crippen molar-refractivity contribution >= 4 is 12.0 Å². The first-order valence-corrected chi connectivity index (χ1v) is 12.9. The average molecular weight is 500 g/mol. The molecule has 0 N–H and O–H groups in total. The summed E-state index contributed by atoms with van der Waals surface area (Å²) in [6, 6.07) is 7.67. The number of likely N-dealkylation sites (N-methyl/N-ethyl adjacent to an activating group) is 1. The summed E-state index contributed by atoms with van der Waals surface area (Å²) in [5, 5.41) is 0. The van der Waals surface area contributed by atoms with Crippen molar-refractivity contribution in [1.82, 2.24) is 4.90 Å². The van der Waals surface area contributed by atoms with E-state index in [4.69, 9.17) is 23.7 Å². The van der Waals surface area contributed by atoms with Crippen LogP contribution in [0.25, 0.3) is 6.08 Å². The molecule has 2 heterocycles. The van der Waals surface area contributed by atoms with Crippen LogP contribution in [0.3, 0.4) is 0 Å². The van der Waals surface area contributed by atoms with Crippen LogP contribution in [0.2, 0.25) is 0 Å². The van der Waals surface area contributed by atoms with Crippen molar-refractivity contribution in [1.29, 1.82) is 0 Å². The third-order valence-electron chi connectivity index (χ3n) is 7.60. The normalized spacial score (nSPS) is 33.1. The van der Waals surface area contributed by atoms with Gasteiger partial charge >= 0.3 is 5.97 Å². The van der Waals surface area contributed by atoms with Crippen molar-refractivity contribution in [2.24, 2.45) is 5.92 Å². The first-order valence-electron chi connectivity index (χ1n) is 12.9. The van der Waals surface area contributed by atoms with Crippen molar-refractivity contribution in [3.63, 3.8) is 0 Å². The summed E-state index contributed by atoms with van der Waals surface area (Å²) in [6.07, 6.45) is 7.38. The van der Waals surface area contributed by atoms with E-state index < -0.39 is 0 Å². The van der Waals surface area contributed by atoms with Crippen molar-refractivity contribution in [3.05, 3.63) is 47.6 Å². The van der Waals surface area contributed by atoms with Crippen molar-refractivity contribution in [2.75, 3.05) is 41.0 Å². The summed E-state index contributed by atoms with van der Waals surface area (Å²) >= 11 is 0. The van der Waals surface area contributed by atoms with E-state index in [0.29, 0.717) is 19.6 Å². The van der Waals surface area contributed by atoms with E-state index in [1.807, 2.05) is 38.4 Å². The van der Waals surface area contributed by atoms with Gasteiger partial charge in [-0.2, -0.15) is 0 Å². The molecule has 4 rings (SSSR count). The molecule has 0 amide bonds. The Morgan fingerprint density at radius 1 is 1.22 bits per heavy atom. The molecule has 2 saturated heterocycles. The number of epoxide rings is 2. The van der Waals surface area contributed by atoms with E-state index in [1.54, 1.807) is 13.2 Å². The van der Waals surface area contributed by atoms with Gasteiger partial charge in [-0.15, -0.1) is 0 Å². The SMILES string of the molecule is CO[C@@H]1[C@H](OC(=O)C=Cc2ccc(OCCN(C)C)cc2)CCC2(CO2)[C@H]1C1(C)OC1CC=C(C)C. The number of methoxy groups -OCH3 is 1. The molecule has 1 aliphatic carbocycles. The van der Waals surface area contributed by atoms with E-state index >= 15 is 0 Å². The molecule has 1 saturated carbocycles. The lowest BCUT2D eigenvalue weighted by Gasteiger charge is -2.42. The first-order chi connectivity index (χ1) is 17.2. The maximum absolute atomic E-state index is 12.7. The first kappa shape index (κ1) is 26.9. The van der Waals surface area contributed by atoms with Crippen LogP contribution in [-0.2, 0) is 23.7 Å². The Morgan fingerprint density at radius 2 is 1.94 bits per heavy atom. The van der Waals surface area contributed by atoms with E-state index in [2.05, 4.69) is 31.7 Å². The Labute approximate surface area is 215 Å². The summed E-state index contributed by atoms with van der Waals surface area (Å²) in [6.45, 7) is 8.54.